The summed E-state index contributed by atoms with van der Waals surface area (Å²) in [5.74, 6) is -1.26. The molecule has 1 atom stereocenters. The van der Waals surface area contributed by atoms with Crippen molar-refractivity contribution in [3.8, 4) is 6.07 Å². The highest BCUT2D eigenvalue weighted by Crippen LogP contribution is 2.36. The van der Waals surface area contributed by atoms with E-state index in [1.807, 2.05) is 18.2 Å². The molecule has 0 radical (unpaired) electrons. The molecule has 0 unspecified atom stereocenters. The van der Waals surface area contributed by atoms with E-state index in [1.165, 1.54) is 16.7 Å². The molecule has 0 aromatic heterocycles. The van der Waals surface area contributed by atoms with Gasteiger partial charge in [0, 0.05) is 11.9 Å². The molecule has 28 heavy (non-hydrogen) atoms. The minimum absolute atomic E-state index is 0.120. The van der Waals surface area contributed by atoms with E-state index in [9.17, 15) is 19.6 Å². The molecule has 1 aliphatic carbocycles. The molecule has 1 aromatic rings. The molecule has 1 fully saturated rings. The average molecular weight is 401 g/mol. The molecular formula is C20H23N3O4S. The van der Waals surface area contributed by atoms with E-state index in [0.29, 0.717) is 12.8 Å². The van der Waals surface area contributed by atoms with Crippen molar-refractivity contribution in [2.24, 2.45) is 0 Å². The number of hydrogen-bond donors (Lipinski definition) is 1. The maximum atomic E-state index is 12.4. The Bertz CT molecular complexity index is 814. The van der Waals surface area contributed by atoms with E-state index in [0.717, 1.165) is 29.8 Å². The summed E-state index contributed by atoms with van der Waals surface area (Å²) in [4.78, 5) is 39.1. The number of hydrogen-bond acceptors (Lipinski definition) is 6. The van der Waals surface area contributed by atoms with Crippen LogP contribution in [0.15, 0.2) is 29.2 Å². The van der Waals surface area contributed by atoms with Gasteiger partial charge in [-0.25, -0.2) is 0 Å². The lowest BCUT2D eigenvalue weighted by Gasteiger charge is -2.38. The van der Waals surface area contributed by atoms with Crippen LogP contribution >= 0.6 is 11.8 Å². The Morgan fingerprint density at radius 1 is 1.32 bits per heavy atom. The number of amides is 2. The molecule has 1 saturated carbocycles. The van der Waals surface area contributed by atoms with E-state index in [1.54, 1.807) is 13.1 Å². The van der Waals surface area contributed by atoms with Gasteiger partial charge in [0.05, 0.1) is 23.4 Å². The van der Waals surface area contributed by atoms with Crippen LogP contribution in [0.2, 0.25) is 0 Å². The van der Waals surface area contributed by atoms with Gasteiger partial charge in [-0.2, -0.15) is 5.26 Å². The lowest BCUT2D eigenvalue weighted by atomic mass is 9.81. The van der Waals surface area contributed by atoms with Crippen LogP contribution in [0, 0.1) is 11.3 Å². The van der Waals surface area contributed by atoms with Gasteiger partial charge < -0.3 is 15.0 Å². The van der Waals surface area contributed by atoms with Crippen molar-refractivity contribution < 1.29 is 19.1 Å². The minimum atomic E-state index is -0.815. The van der Waals surface area contributed by atoms with Gasteiger partial charge >= 0.3 is 5.97 Å². The van der Waals surface area contributed by atoms with Gasteiger partial charge in [0.15, 0.2) is 6.61 Å². The number of fused-ring (bicyclic) bond motifs is 1. The quantitative estimate of drug-likeness (QED) is 0.762. The van der Waals surface area contributed by atoms with E-state index in [-0.39, 0.29) is 12.3 Å². The van der Waals surface area contributed by atoms with Gasteiger partial charge in [0.2, 0.25) is 5.91 Å². The van der Waals surface area contributed by atoms with Gasteiger partial charge in [0.1, 0.15) is 5.54 Å². The lowest BCUT2D eigenvalue weighted by Crippen LogP contribution is -2.51. The van der Waals surface area contributed by atoms with Crippen molar-refractivity contribution >= 4 is 35.2 Å². The number of carbonyl (C=O) groups excluding carboxylic acids is 3. The van der Waals surface area contributed by atoms with Crippen molar-refractivity contribution in [2.75, 3.05) is 19.0 Å². The number of rotatable bonds is 5. The minimum Gasteiger partial charge on any atom is -0.456 e. The van der Waals surface area contributed by atoms with Crippen LogP contribution in [0.5, 0.6) is 0 Å². The summed E-state index contributed by atoms with van der Waals surface area (Å²) in [7, 11) is 1.59. The highest BCUT2D eigenvalue weighted by molar-refractivity contribution is 8.01. The first kappa shape index (κ1) is 20.2. The molecule has 2 aliphatic rings. The number of esters is 1. The molecule has 7 nitrogen and oxygen atoms in total. The number of ether oxygens (including phenoxy) is 1. The number of nitrogens with zero attached hydrogens (tertiary/aromatic N) is 2. The molecule has 1 aliphatic heterocycles. The number of nitriles is 1. The number of para-hydroxylation sites is 1. The summed E-state index contributed by atoms with van der Waals surface area (Å²) in [5, 5.41) is 11.7. The molecule has 3 rings (SSSR count). The molecule has 0 saturated heterocycles. The third kappa shape index (κ3) is 4.30. The van der Waals surface area contributed by atoms with Crippen LogP contribution in [0.25, 0.3) is 0 Å². The third-order valence-electron chi connectivity index (χ3n) is 5.32. The van der Waals surface area contributed by atoms with Crippen LogP contribution in [0.1, 0.15) is 38.5 Å². The molecular weight excluding hydrogens is 378 g/mol. The van der Waals surface area contributed by atoms with Gasteiger partial charge in [-0.05, 0) is 25.0 Å². The highest BCUT2D eigenvalue weighted by Gasteiger charge is 2.39. The fourth-order valence-corrected chi connectivity index (χ4v) is 4.67. The number of anilines is 1. The zero-order chi connectivity index (χ0) is 20.1. The van der Waals surface area contributed by atoms with E-state index < -0.39 is 29.3 Å². The zero-order valence-corrected chi connectivity index (χ0v) is 16.6. The first-order valence-corrected chi connectivity index (χ1v) is 10.2. The second-order valence-electron chi connectivity index (χ2n) is 7.11. The molecule has 0 spiro atoms. The van der Waals surface area contributed by atoms with Crippen molar-refractivity contribution in [1.29, 1.82) is 5.26 Å². The normalized spacial score (nSPS) is 20.3. The SMILES string of the molecule is CN(C(=O)COC(=O)C[C@H]1Sc2ccccc2NC1=O)C1(C#N)CCCCC1. The number of carbonyl (C=O) groups is 3. The van der Waals surface area contributed by atoms with Gasteiger partial charge in [-0.15, -0.1) is 11.8 Å². The monoisotopic (exact) mass is 401 g/mol. The number of thioether (sulfide) groups is 1. The zero-order valence-electron chi connectivity index (χ0n) is 15.8. The molecule has 8 heteroatoms. The highest BCUT2D eigenvalue weighted by atomic mass is 32.2. The van der Waals surface area contributed by atoms with Crippen molar-refractivity contribution in [2.45, 2.75) is 54.2 Å². The average Bonchev–Trinajstić information content (AvgIpc) is 2.72. The Hall–Kier alpha value is -2.53. The van der Waals surface area contributed by atoms with E-state index >= 15 is 0 Å². The smallest absolute Gasteiger partial charge is 0.307 e. The summed E-state index contributed by atoms with van der Waals surface area (Å²) in [6, 6.07) is 9.65. The first-order valence-electron chi connectivity index (χ1n) is 9.35. The van der Waals surface area contributed by atoms with Crippen molar-refractivity contribution in [1.82, 2.24) is 4.90 Å². The molecule has 148 valence electrons. The van der Waals surface area contributed by atoms with Crippen LogP contribution in [0.3, 0.4) is 0 Å². The first-order chi connectivity index (χ1) is 13.4. The molecule has 2 amide bonds. The maximum Gasteiger partial charge on any atom is 0.307 e. The topological polar surface area (TPSA) is 99.5 Å². The van der Waals surface area contributed by atoms with Crippen LogP contribution in [0.4, 0.5) is 5.69 Å². The second kappa shape index (κ2) is 8.65. The predicted octanol–water partition coefficient (Wildman–Crippen LogP) is 2.72. The molecule has 1 heterocycles. The summed E-state index contributed by atoms with van der Waals surface area (Å²) in [5.41, 5.74) is -0.0851. The summed E-state index contributed by atoms with van der Waals surface area (Å²) < 4.78 is 5.11. The standard InChI is InChI=1S/C20H23N3O4S/c1-23(20(13-21)9-5-2-6-10-20)17(24)12-27-18(25)11-16-19(26)22-14-7-3-4-8-15(14)28-16/h3-4,7-8,16H,2,5-6,9-12H2,1H3,(H,22,26)/t16-/m1/s1. The molecule has 1 aromatic carbocycles. The predicted molar refractivity (Wildman–Crippen MR) is 104 cm³/mol. The summed E-state index contributed by atoms with van der Waals surface area (Å²) >= 11 is 1.31. The second-order valence-corrected chi connectivity index (χ2v) is 8.36. The maximum absolute atomic E-state index is 12.4. The van der Waals surface area contributed by atoms with Gasteiger partial charge in [-0.3, -0.25) is 14.4 Å². The number of nitrogens with one attached hydrogen (secondary N) is 1. The summed E-state index contributed by atoms with van der Waals surface area (Å²) in [6.45, 7) is -0.422. The van der Waals surface area contributed by atoms with Crippen LogP contribution < -0.4 is 5.32 Å². The van der Waals surface area contributed by atoms with E-state index in [4.69, 9.17) is 4.74 Å². The number of benzene rings is 1. The molecule has 1 N–H and O–H groups in total. The Morgan fingerprint density at radius 3 is 2.75 bits per heavy atom. The van der Waals surface area contributed by atoms with Crippen LogP contribution in [-0.2, 0) is 19.1 Å². The Morgan fingerprint density at radius 2 is 2.04 bits per heavy atom. The Labute approximate surface area is 168 Å². The Kier molecular flexibility index (Phi) is 6.25. The summed E-state index contributed by atoms with van der Waals surface area (Å²) in [6.07, 6.45) is 4.02. The van der Waals surface area contributed by atoms with Crippen molar-refractivity contribution in [3.05, 3.63) is 24.3 Å². The molecule has 0 bridgehead atoms. The van der Waals surface area contributed by atoms with Gasteiger partial charge in [0.25, 0.3) is 5.91 Å². The lowest BCUT2D eigenvalue weighted by molar-refractivity contribution is -0.153. The fraction of sp³-hybridized carbons (Fsp3) is 0.500. The van der Waals surface area contributed by atoms with E-state index in [2.05, 4.69) is 11.4 Å². The Balaban J connectivity index is 1.52. The number of likely N-dealkylation sites (N-methyl/N-ethyl adjacent to an activating group) is 1. The van der Waals surface area contributed by atoms with Gasteiger partial charge in [-0.1, -0.05) is 31.4 Å². The largest absolute Gasteiger partial charge is 0.456 e. The third-order valence-corrected chi connectivity index (χ3v) is 6.60. The van der Waals surface area contributed by atoms with Crippen molar-refractivity contribution in [3.63, 3.8) is 0 Å². The van der Waals surface area contributed by atoms with Crippen LogP contribution in [-0.4, -0.2) is 47.1 Å². The fourth-order valence-electron chi connectivity index (χ4n) is 3.57.